The molecule has 1 aromatic carbocycles. The highest BCUT2D eigenvalue weighted by Crippen LogP contribution is 2.08. The van der Waals surface area contributed by atoms with E-state index in [1.54, 1.807) is 6.07 Å². The van der Waals surface area contributed by atoms with Crippen molar-refractivity contribution in [2.75, 3.05) is 13.1 Å². The van der Waals surface area contributed by atoms with Crippen molar-refractivity contribution in [2.24, 2.45) is 11.5 Å². The summed E-state index contributed by atoms with van der Waals surface area (Å²) in [4.78, 5) is 22.5. The number of amides is 2. The highest BCUT2D eigenvalue weighted by Gasteiger charge is 2.09. The van der Waals surface area contributed by atoms with E-state index in [0.29, 0.717) is 31.5 Å². The van der Waals surface area contributed by atoms with Crippen molar-refractivity contribution in [3.63, 3.8) is 0 Å². The second-order valence-corrected chi connectivity index (χ2v) is 4.02. The number of primary amides is 1. The lowest BCUT2D eigenvalue weighted by Crippen LogP contribution is -2.26. The molecule has 1 aromatic rings. The van der Waals surface area contributed by atoms with Gasteiger partial charge < -0.3 is 16.8 Å². The number of rotatable bonds is 7. The van der Waals surface area contributed by atoms with E-state index in [9.17, 15) is 9.59 Å². The van der Waals surface area contributed by atoms with Gasteiger partial charge in [-0.05, 0) is 31.0 Å². The van der Waals surface area contributed by atoms with Crippen LogP contribution in [0.3, 0.4) is 0 Å². The van der Waals surface area contributed by atoms with Gasteiger partial charge in [-0.1, -0.05) is 18.2 Å². The van der Waals surface area contributed by atoms with Crippen LogP contribution in [0.25, 0.3) is 0 Å². The average molecular weight is 249 g/mol. The van der Waals surface area contributed by atoms with Gasteiger partial charge in [-0.3, -0.25) is 9.59 Å². The van der Waals surface area contributed by atoms with Crippen molar-refractivity contribution >= 4 is 11.8 Å². The molecule has 0 aromatic heterocycles. The molecule has 5 heteroatoms. The Morgan fingerprint density at radius 2 is 1.94 bits per heavy atom. The van der Waals surface area contributed by atoms with Gasteiger partial charge >= 0.3 is 0 Å². The Morgan fingerprint density at radius 3 is 2.61 bits per heavy atom. The Balaban J connectivity index is 2.53. The van der Waals surface area contributed by atoms with E-state index in [1.165, 1.54) is 0 Å². The van der Waals surface area contributed by atoms with Gasteiger partial charge in [-0.25, -0.2) is 0 Å². The molecule has 0 fully saturated rings. The topological polar surface area (TPSA) is 98.2 Å². The van der Waals surface area contributed by atoms with Crippen LogP contribution < -0.4 is 16.8 Å². The molecule has 0 spiro atoms. The molecule has 0 aliphatic rings. The second-order valence-electron chi connectivity index (χ2n) is 4.02. The summed E-state index contributed by atoms with van der Waals surface area (Å²) in [5, 5.41) is 2.77. The van der Waals surface area contributed by atoms with Crippen LogP contribution in [-0.2, 0) is 11.2 Å². The maximum absolute atomic E-state index is 11.9. The number of nitrogens with two attached hydrogens (primary N) is 2. The molecule has 0 heterocycles. The van der Waals surface area contributed by atoms with E-state index in [1.807, 2.05) is 18.2 Å². The van der Waals surface area contributed by atoms with E-state index in [0.717, 1.165) is 5.56 Å². The van der Waals surface area contributed by atoms with Crippen LogP contribution in [0.2, 0.25) is 0 Å². The first kappa shape index (κ1) is 14.2. The summed E-state index contributed by atoms with van der Waals surface area (Å²) >= 11 is 0. The average Bonchev–Trinajstić information content (AvgIpc) is 2.35. The number of hydrogen-bond donors (Lipinski definition) is 3. The van der Waals surface area contributed by atoms with E-state index in [4.69, 9.17) is 11.5 Å². The fourth-order valence-electron chi connectivity index (χ4n) is 1.68. The molecule has 0 radical (unpaired) electrons. The molecule has 98 valence electrons. The van der Waals surface area contributed by atoms with Crippen molar-refractivity contribution in [1.29, 1.82) is 0 Å². The number of carbonyl (C=O) groups is 2. The van der Waals surface area contributed by atoms with Gasteiger partial charge in [0, 0.05) is 18.5 Å². The van der Waals surface area contributed by atoms with Crippen LogP contribution in [0, 0.1) is 0 Å². The Bertz CT molecular complexity index is 418. The minimum absolute atomic E-state index is 0.136. The maximum atomic E-state index is 11.9. The summed E-state index contributed by atoms with van der Waals surface area (Å²) in [7, 11) is 0. The van der Waals surface area contributed by atoms with Gasteiger partial charge in [0.1, 0.15) is 0 Å². The van der Waals surface area contributed by atoms with Crippen LogP contribution >= 0.6 is 0 Å². The molecule has 0 aliphatic carbocycles. The van der Waals surface area contributed by atoms with Crippen LogP contribution in [0.15, 0.2) is 24.3 Å². The quantitative estimate of drug-likeness (QED) is 0.601. The maximum Gasteiger partial charge on any atom is 0.251 e. The Kier molecular flexibility index (Phi) is 5.87. The Morgan fingerprint density at radius 1 is 1.22 bits per heavy atom. The first-order chi connectivity index (χ1) is 8.65. The summed E-state index contributed by atoms with van der Waals surface area (Å²) < 4.78 is 0. The standard InChI is InChI=1S/C13H19N3O2/c14-8-7-10-4-1-2-5-11(10)13(18)16-9-3-6-12(15)17/h1-2,4-5H,3,6-9,14H2,(H2,15,17)(H,16,18). The lowest BCUT2D eigenvalue weighted by molar-refractivity contribution is -0.118. The summed E-state index contributed by atoms with van der Waals surface area (Å²) in [6.07, 6.45) is 1.51. The Hall–Kier alpha value is -1.88. The van der Waals surface area contributed by atoms with Gasteiger partial charge in [0.05, 0.1) is 0 Å². The summed E-state index contributed by atoms with van der Waals surface area (Å²) in [6.45, 7) is 0.949. The van der Waals surface area contributed by atoms with Gasteiger partial charge in [0.2, 0.25) is 5.91 Å². The van der Waals surface area contributed by atoms with Gasteiger partial charge in [0.15, 0.2) is 0 Å². The number of nitrogens with one attached hydrogen (secondary N) is 1. The van der Waals surface area contributed by atoms with Crippen molar-refractivity contribution in [3.8, 4) is 0 Å². The summed E-state index contributed by atoms with van der Waals surface area (Å²) in [5.74, 6) is -0.490. The molecule has 0 unspecified atom stereocenters. The molecule has 2 amide bonds. The van der Waals surface area contributed by atoms with Crippen LogP contribution in [0.4, 0.5) is 0 Å². The molecule has 0 atom stereocenters. The smallest absolute Gasteiger partial charge is 0.251 e. The molecule has 0 saturated heterocycles. The van der Waals surface area contributed by atoms with Crippen LogP contribution in [0.5, 0.6) is 0 Å². The zero-order valence-electron chi connectivity index (χ0n) is 10.3. The second kappa shape index (κ2) is 7.45. The minimum atomic E-state index is -0.354. The third kappa shape index (κ3) is 4.55. The SMILES string of the molecule is NCCc1ccccc1C(=O)NCCCC(N)=O. The van der Waals surface area contributed by atoms with Crippen molar-refractivity contribution in [1.82, 2.24) is 5.32 Å². The zero-order chi connectivity index (χ0) is 13.4. The molecule has 0 saturated carbocycles. The number of benzene rings is 1. The lowest BCUT2D eigenvalue weighted by Gasteiger charge is -2.09. The molecular weight excluding hydrogens is 230 g/mol. The first-order valence-electron chi connectivity index (χ1n) is 5.99. The van der Waals surface area contributed by atoms with E-state index in [-0.39, 0.29) is 18.2 Å². The zero-order valence-corrected chi connectivity index (χ0v) is 10.3. The summed E-state index contributed by atoms with van der Waals surface area (Å²) in [6, 6.07) is 7.37. The fourth-order valence-corrected chi connectivity index (χ4v) is 1.68. The highest BCUT2D eigenvalue weighted by molar-refractivity contribution is 5.95. The van der Waals surface area contributed by atoms with Gasteiger partial charge in [0.25, 0.3) is 5.91 Å². The lowest BCUT2D eigenvalue weighted by atomic mass is 10.0. The summed E-state index contributed by atoms with van der Waals surface area (Å²) in [5.41, 5.74) is 12.1. The third-order valence-electron chi connectivity index (χ3n) is 2.56. The van der Waals surface area contributed by atoms with E-state index in [2.05, 4.69) is 5.32 Å². The largest absolute Gasteiger partial charge is 0.370 e. The monoisotopic (exact) mass is 249 g/mol. The molecule has 1 rings (SSSR count). The van der Waals surface area contributed by atoms with Crippen molar-refractivity contribution < 1.29 is 9.59 Å². The van der Waals surface area contributed by atoms with Crippen molar-refractivity contribution in [2.45, 2.75) is 19.3 Å². The molecule has 18 heavy (non-hydrogen) atoms. The van der Waals surface area contributed by atoms with Crippen LogP contribution in [0.1, 0.15) is 28.8 Å². The number of carbonyl (C=O) groups excluding carboxylic acids is 2. The molecular formula is C13H19N3O2. The third-order valence-corrected chi connectivity index (χ3v) is 2.56. The minimum Gasteiger partial charge on any atom is -0.370 e. The number of hydrogen-bond acceptors (Lipinski definition) is 3. The highest BCUT2D eigenvalue weighted by atomic mass is 16.2. The first-order valence-corrected chi connectivity index (χ1v) is 5.99. The molecule has 5 nitrogen and oxygen atoms in total. The molecule has 5 N–H and O–H groups in total. The predicted octanol–water partition coefficient (Wildman–Crippen LogP) is 0.183. The Labute approximate surface area is 107 Å². The predicted molar refractivity (Wildman–Crippen MR) is 70.0 cm³/mol. The van der Waals surface area contributed by atoms with E-state index < -0.39 is 0 Å². The normalized spacial score (nSPS) is 10.1. The van der Waals surface area contributed by atoms with Gasteiger partial charge in [-0.15, -0.1) is 0 Å². The molecule has 0 bridgehead atoms. The molecule has 0 aliphatic heterocycles. The fraction of sp³-hybridized carbons (Fsp3) is 0.385. The van der Waals surface area contributed by atoms with Gasteiger partial charge in [-0.2, -0.15) is 0 Å². The van der Waals surface area contributed by atoms with Crippen molar-refractivity contribution in [3.05, 3.63) is 35.4 Å². The van der Waals surface area contributed by atoms with E-state index >= 15 is 0 Å². The van der Waals surface area contributed by atoms with Crippen LogP contribution in [-0.4, -0.2) is 24.9 Å².